The predicted octanol–water partition coefficient (Wildman–Crippen LogP) is 6.66. The number of carbonyl (C=O) groups excluding carboxylic acids is 1. The van der Waals surface area contributed by atoms with Crippen LogP contribution in [0.25, 0.3) is 32.1 Å². The van der Waals surface area contributed by atoms with Crippen molar-refractivity contribution in [3.05, 3.63) is 41.0 Å². The molecule has 2 N–H and O–H groups in total. The van der Waals surface area contributed by atoms with E-state index in [1.165, 1.54) is 33.8 Å². The van der Waals surface area contributed by atoms with Gasteiger partial charge < -0.3 is 20.3 Å². The van der Waals surface area contributed by atoms with E-state index in [-0.39, 0.29) is 62.4 Å². The normalized spacial score (nSPS) is 18.7. The standard InChI is InChI=1S/C25H19F5N6O2S.C7H12FN.C2H3N/c1-11(37)35-5-7-36(8-6-35)23-13-9-15(25(28,29)30)18(19(27)20(13)33-24(34-23)38-2)12-3-4-16(26)21-17(12)14(10-31)22(32)39-21;8-6-4-7-2-1-3-9(7)5-6;1-2-3/h3-4,9H,5-8,32H2,1-2H3;6-7H,1-5H2;1H3. The summed E-state index contributed by atoms with van der Waals surface area (Å²) in [5.41, 5.74) is 2.54. The number of amides is 1. The Kier molecular flexibility index (Phi) is 11.1. The molecular weight excluding hydrogens is 698 g/mol. The maximum Gasteiger partial charge on any atom is 0.417 e. The number of nitriles is 2. The summed E-state index contributed by atoms with van der Waals surface area (Å²) in [6, 6.07) is 6.51. The molecule has 10 nitrogen and oxygen atoms in total. The molecule has 5 heterocycles. The Balaban J connectivity index is 0.000000354. The number of methoxy groups -OCH3 is 1. The summed E-state index contributed by atoms with van der Waals surface area (Å²) in [6.45, 7) is 5.75. The van der Waals surface area contributed by atoms with Gasteiger partial charge in [-0.05, 0) is 43.5 Å². The number of halogens is 6. The van der Waals surface area contributed by atoms with E-state index in [1.54, 1.807) is 21.9 Å². The van der Waals surface area contributed by atoms with E-state index in [1.807, 2.05) is 0 Å². The summed E-state index contributed by atoms with van der Waals surface area (Å²) in [7, 11) is 1.23. The van der Waals surface area contributed by atoms with Gasteiger partial charge in [0.25, 0.3) is 0 Å². The molecule has 0 radical (unpaired) electrons. The number of alkyl halides is 4. The molecule has 0 spiro atoms. The zero-order chi connectivity index (χ0) is 37.2. The molecule has 0 aliphatic carbocycles. The van der Waals surface area contributed by atoms with Gasteiger partial charge in [0.2, 0.25) is 5.91 Å². The van der Waals surface area contributed by atoms with Crippen LogP contribution in [-0.2, 0) is 11.0 Å². The number of aromatic nitrogens is 2. The van der Waals surface area contributed by atoms with E-state index in [2.05, 4.69) is 14.9 Å². The third-order valence-corrected chi connectivity index (χ3v) is 10.1. The minimum absolute atomic E-state index is 0.0118. The number of hydrogen-bond donors (Lipinski definition) is 1. The molecule has 2 aromatic heterocycles. The lowest BCUT2D eigenvalue weighted by Crippen LogP contribution is -2.48. The molecule has 17 heteroatoms. The number of rotatable bonds is 3. The lowest BCUT2D eigenvalue weighted by Gasteiger charge is -2.35. The van der Waals surface area contributed by atoms with E-state index in [9.17, 15) is 32.0 Å². The highest BCUT2D eigenvalue weighted by Gasteiger charge is 2.39. The fourth-order valence-corrected chi connectivity index (χ4v) is 7.73. The quantitative estimate of drug-likeness (QED) is 0.230. The first-order valence-corrected chi connectivity index (χ1v) is 16.8. The van der Waals surface area contributed by atoms with Crippen molar-refractivity contribution < 1.29 is 35.9 Å². The summed E-state index contributed by atoms with van der Waals surface area (Å²) in [6.07, 6.45) is -2.24. The third-order valence-electron chi connectivity index (χ3n) is 9.06. The number of fused-ring (bicyclic) bond motifs is 3. The van der Waals surface area contributed by atoms with Crippen molar-refractivity contribution >= 4 is 49.1 Å². The first-order valence-electron chi connectivity index (χ1n) is 16.0. The van der Waals surface area contributed by atoms with Gasteiger partial charge in [-0.25, -0.2) is 13.2 Å². The minimum atomic E-state index is -5.05. The average Bonchev–Trinajstić information content (AvgIpc) is 3.78. The van der Waals surface area contributed by atoms with Crippen molar-refractivity contribution in [2.75, 3.05) is 57.0 Å². The highest BCUT2D eigenvalue weighted by atomic mass is 32.1. The molecule has 2 unspecified atom stereocenters. The summed E-state index contributed by atoms with van der Waals surface area (Å²) in [5.74, 6) is -2.28. The van der Waals surface area contributed by atoms with Crippen molar-refractivity contribution in [1.82, 2.24) is 19.8 Å². The topological polar surface area (TPSA) is 135 Å². The highest BCUT2D eigenvalue weighted by Crippen LogP contribution is 2.48. The van der Waals surface area contributed by atoms with Crippen LogP contribution in [0.4, 0.5) is 37.2 Å². The molecule has 2 aromatic carbocycles. The van der Waals surface area contributed by atoms with Crippen LogP contribution >= 0.6 is 11.3 Å². The Morgan fingerprint density at radius 3 is 2.39 bits per heavy atom. The molecule has 1 amide bonds. The lowest BCUT2D eigenvalue weighted by atomic mass is 9.92. The second kappa shape index (κ2) is 15.2. The number of piperazine rings is 1. The minimum Gasteiger partial charge on any atom is -0.467 e. The first-order chi connectivity index (χ1) is 24.2. The lowest BCUT2D eigenvalue weighted by molar-refractivity contribution is -0.137. The summed E-state index contributed by atoms with van der Waals surface area (Å²) in [4.78, 5) is 25.5. The number of hydrogen-bond acceptors (Lipinski definition) is 10. The number of nitrogens with two attached hydrogens (primary N) is 1. The van der Waals surface area contributed by atoms with Crippen LogP contribution < -0.4 is 15.4 Å². The SMILES string of the molecule is CC#N.COc1nc(N2CCN(C(C)=O)CC2)c2cc(C(F)(F)F)c(-c3ccc(F)c4sc(N)c(C#N)c34)c(F)c2n1.FC1CC2CCCN2C1. The van der Waals surface area contributed by atoms with Crippen molar-refractivity contribution in [3.8, 4) is 29.3 Å². The number of ether oxygens (including phenoxy) is 1. The number of nitrogen functional groups attached to an aromatic ring is 1. The van der Waals surface area contributed by atoms with Gasteiger partial charge in [0.05, 0.1) is 29.0 Å². The van der Waals surface area contributed by atoms with Crippen LogP contribution in [0.3, 0.4) is 0 Å². The fourth-order valence-electron chi connectivity index (χ4n) is 6.78. The fraction of sp³-hybridized carbons (Fsp3) is 0.441. The summed E-state index contributed by atoms with van der Waals surface area (Å²) >= 11 is 0.687. The van der Waals surface area contributed by atoms with E-state index in [0.717, 1.165) is 31.2 Å². The number of thiophene rings is 1. The zero-order valence-corrected chi connectivity index (χ0v) is 28.8. The Hall–Kier alpha value is -4.87. The molecule has 51 heavy (non-hydrogen) atoms. The van der Waals surface area contributed by atoms with E-state index in [4.69, 9.17) is 15.7 Å². The Bertz CT molecular complexity index is 2020. The van der Waals surface area contributed by atoms with E-state index < -0.39 is 40.6 Å². The van der Waals surface area contributed by atoms with Gasteiger partial charge in [-0.3, -0.25) is 9.69 Å². The molecule has 0 bridgehead atoms. The van der Waals surface area contributed by atoms with E-state index >= 15 is 4.39 Å². The second-order valence-corrected chi connectivity index (χ2v) is 13.2. The van der Waals surface area contributed by atoms with Crippen molar-refractivity contribution in [2.45, 2.75) is 51.5 Å². The summed E-state index contributed by atoms with van der Waals surface area (Å²) < 4.78 is 92.0. The van der Waals surface area contributed by atoms with Crippen molar-refractivity contribution in [2.24, 2.45) is 0 Å². The van der Waals surface area contributed by atoms with Gasteiger partial charge in [-0.15, -0.1) is 11.3 Å². The first kappa shape index (κ1) is 37.4. The maximum absolute atomic E-state index is 16.3. The monoisotopic (exact) mass is 732 g/mol. The van der Waals surface area contributed by atoms with Crippen LogP contribution in [0.15, 0.2) is 18.2 Å². The number of nitrogens with zero attached hydrogens (tertiary/aromatic N) is 7. The average molecular weight is 733 g/mol. The van der Waals surface area contributed by atoms with Crippen LogP contribution in [0, 0.1) is 34.3 Å². The van der Waals surface area contributed by atoms with E-state index in [0.29, 0.717) is 37.0 Å². The molecule has 3 aliphatic heterocycles. The van der Waals surface area contributed by atoms with Crippen LogP contribution in [0.1, 0.15) is 44.2 Å². The van der Waals surface area contributed by atoms with Gasteiger partial charge >= 0.3 is 12.2 Å². The van der Waals surface area contributed by atoms with Gasteiger partial charge in [-0.2, -0.15) is 33.7 Å². The van der Waals surface area contributed by atoms with Gasteiger partial charge in [0, 0.05) is 68.9 Å². The van der Waals surface area contributed by atoms with Crippen LogP contribution in [0.5, 0.6) is 6.01 Å². The molecule has 3 fully saturated rings. The molecule has 7 rings (SSSR count). The number of benzene rings is 2. The number of anilines is 2. The largest absolute Gasteiger partial charge is 0.467 e. The molecule has 3 saturated heterocycles. The molecule has 2 atom stereocenters. The van der Waals surface area contributed by atoms with Crippen molar-refractivity contribution in [3.63, 3.8) is 0 Å². The van der Waals surface area contributed by atoms with Gasteiger partial charge in [0.1, 0.15) is 34.4 Å². The molecule has 3 aliphatic rings. The number of carbonyl (C=O) groups is 1. The predicted molar refractivity (Wildman–Crippen MR) is 181 cm³/mol. The zero-order valence-electron chi connectivity index (χ0n) is 28.0. The summed E-state index contributed by atoms with van der Waals surface area (Å²) in [5, 5.41) is 16.4. The maximum atomic E-state index is 16.3. The Morgan fingerprint density at radius 2 is 1.80 bits per heavy atom. The highest BCUT2D eigenvalue weighted by molar-refractivity contribution is 7.23. The van der Waals surface area contributed by atoms with Crippen LogP contribution in [0.2, 0.25) is 0 Å². The second-order valence-electron chi connectivity index (χ2n) is 12.1. The Labute approximate surface area is 293 Å². The van der Waals surface area contributed by atoms with Gasteiger partial charge in [0.15, 0.2) is 5.82 Å². The molecule has 270 valence electrons. The molecule has 4 aromatic rings. The molecule has 0 saturated carbocycles. The van der Waals surface area contributed by atoms with Crippen LogP contribution in [-0.4, -0.2) is 84.3 Å². The smallest absolute Gasteiger partial charge is 0.417 e. The van der Waals surface area contributed by atoms with Gasteiger partial charge in [-0.1, -0.05) is 6.07 Å². The Morgan fingerprint density at radius 1 is 1.12 bits per heavy atom. The molecular formula is C34H34F6N8O2S. The van der Waals surface area contributed by atoms with Crippen molar-refractivity contribution in [1.29, 1.82) is 10.5 Å². The third kappa shape index (κ3) is 7.45.